The van der Waals surface area contributed by atoms with Gasteiger partial charge in [-0.2, -0.15) is 0 Å². The van der Waals surface area contributed by atoms with Gasteiger partial charge in [0.2, 0.25) is 0 Å². The number of carbonyl (C=O) groups excluding carboxylic acids is 1. The third-order valence-electron chi connectivity index (χ3n) is 2.39. The SMILES string of the molecule is Cc1cc(OCC(=O)Nc2c(C)csc2C(=O)O)no1. The molecule has 0 saturated carbocycles. The van der Waals surface area contributed by atoms with Crippen molar-refractivity contribution in [3.05, 3.63) is 27.6 Å². The van der Waals surface area contributed by atoms with E-state index >= 15 is 0 Å². The minimum atomic E-state index is -1.08. The summed E-state index contributed by atoms with van der Waals surface area (Å²) in [5.74, 6) is -0.763. The highest BCUT2D eigenvalue weighted by atomic mass is 32.1. The fourth-order valence-corrected chi connectivity index (χ4v) is 2.33. The number of amides is 1. The fraction of sp³-hybridized carbons (Fsp3) is 0.250. The largest absolute Gasteiger partial charge is 0.477 e. The highest BCUT2D eigenvalue weighted by Gasteiger charge is 2.17. The Balaban J connectivity index is 1.98. The first-order chi connectivity index (χ1) is 9.47. The third-order valence-corrected chi connectivity index (χ3v) is 3.48. The summed E-state index contributed by atoms with van der Waals surface area (Å²) in [4.78, 5) is 22.8. The number of aromatic nitrogens is 1. The highest BCUT2D eigenvalue weighted by Crippen LogP contribution is 2.27. The van der Waals surface area contributed by atoms with Crippen LogP contribution in [0.2, 0.25) is 0 Å². The molecule has 0 spiro atoms. The van der Waals surface area contributed by atoms with Gasteiger partial charge in [-0.3, -0.25) is 4.79 Å². The number of nitrogens with one attached hydrogen (secondary N) is 1. The molecule has 2 aromatic heterocycles. The predicted octanol–water partition coefficient (Wildman–Crippen LogP) is 2.07. The lowest BCUT2D eigenvalue weighted by Gasteiger charge is -2.06. The summed E-state index contributed by atoms with van der Waals surface area (Å²) in [7, 11) is 0. The molecule has 2 heterocycles. The highest BCUT2D eigenvalue weighted by molar-refractivity contribution is 7.12. The summed E-state index contributed by atoms with van der Waals surface area (Å²) in [5, 5.41) is 16.8. The van der Waals surface area contributed by atoms with Gasteiger partial charge in [-0.05, 0) is 29.9 Å². The van der Waals surface area contributed by atoms with E-state index in [2.05, 4.69) is 10.5 Å². The van der Waals surface area contributed by atoms with Gasteiger partial charge in [-0.1, -0.05) is 0 Å². The number of hydrogen-bond acceptors (Lipinski definition) is 6. The number of anilines is 1. The topological polar surface area (TPSA) is 102 Å². The Kier molecular flexibility index (Phi) is 4.04. The van der Waals surface area contributed by atoms with E-state index in [-0.39, 0.29) is 17.4 Å². The molecule has 0 aliphatic heterocycles. The normalized spacial score (nSPS) is 10.3. The quantitative estimate of drug-likeness (QED) is 0.875. The Morgan fingerprint density at radius 1 is 1.50 bits per heavy atom. The van der Waals surface area contributed by atoms with Crippen LogP contribution in [0.1, 0.15) is 21.0 Å². The smallest absolute Gasteiger partial charge is 0.348 e. The zero-order valence-electron chi connectivity index (χ0n) is 10.8. The number of nitrogens with zero attached hydrogens (tertiary/aromatic N) is 1. The van der Waals surface area contributed by atoms with Gasteiger partial charge in [-0.15, -0.1) is 11.3 Å². The van der Waals surface area contributed by atoms with Gasteiger partial charge in [0.1, 0.15) is 10.6 Å². The van der Waals surface area contributed by atoms with Crippen molar-refractivity contribution in [2.45, 2.75) is 13.8 Å². The molecular weight excluding hydrogens is 284 g/mol. The predicted molar refractivity (Wildman–Crippen MR) is 71.4 cm³/mol. The van der Waals surface area contributed by atoms with Crippen LogP contribution in [-0.4, -0.2) is 28.7 Å². The van der Waals surface area contributed by atoms with Crippen molar-refractivity contribution in [3.8, 4) is 5.88 Å². The second-order valence-corrected chi connectivity index (χ2v) is 4.92. The Labute approximate surface area is 118 Å². The maximum atomic E-state index is 11.7. The molecule has 20 heavy (non-hydrogen) atoms. The van der Waals surface area contributed by atoms with Gasteiger partial charge in [0.25, 0.3) is 11.8 Å². The molecule has 0 aromatic carbocycles. The van der Waals surface area contributed by atoms with E-state index in [4.69, 9.17) is 14.4 Å². The van der Waals surface area contributed by atoms with Gasteiger partial charge >= 0.3 is 5.97 Å². The van der Waals surface area contributed by atoms with Crippen LogP contribution < -0.4 is 10.1 Å². The number of hydrogen-bond donors (Lipinski definition) is 2. The average molecular weight is 296 g/mol. The third kappa shape index (κ3) is 3.15. The Hall–Kier alpha value is -2.35. The molecule has 0 aliphatic carbocycles. The molecule has 0 fully saturated rings. The van der Waals surface area contributed by atoms with Gasteiger partial charge in [-0.25, -0.2) is 4.79 Å². The molecule has 8 heteroatoms. The van der Waals surface area contributed by atoms with Crippen molar-refractivity contribution in [3.63, 3.8) is 0 Å². The number of aryl methyl sites for hydroxylation is 2. The minimum Gasteiger partial charge on any atom is -0.477 e. The van der Waals surface area contributed by atoms with Crippen molar-refractivity contribution in [2.24, 2.45) is 0 Å². The standard InChI is InChI=1S/C12H12N2O5S/c1-6-5-20-11(12(16)17)10(6)13-8(15)4-18-9-3-7(2)19-14-9/h3,5H,4H2,1-2H3,(H,13,15)(H,16,17). The van der Waals surface area contributed by atoms with Gasteiger partial charge in [0.15, 0.2) is 6.61 Å². The monoisotopic (exact) mass is 296 g/mol. The van der Waals surface area contributed by atoms with Crippen LogP contribution in [0.5, 0.6) is 5.88 Å². The number of carboxylic acid groups (broad SMARTS) is 1. The van der Waals surface area contributed by atoms with E-state index in [1.54, 1.807) is 25.3 Å². The molecule has 0 aliphatic rings. The molecule has 2 rings (SSSR count). The van der Waals surface area contributed by atoms with Crippen LogP contribution in [0.15, 0.2) is 16.0 Å². The lowest BCUT2D eigenvalue weighted by atomic mass is 10.2. The zero-order chi connectivity index (χ0) is 14.7. The lowest BCUT2D eigenvalue weighted by molar-refractivity contribution is -0.118. The molecule has 7 nitrogen and oxygen atoms in total. The zero-order valence-corrected chi connectivity index (χ0v) is 11.6. The number of rotatable bonds is 5. The van der Waals surface area contributed by atoms with Crippen molar-refractivity contribution in [2.75, 3.05) is 11.9 Å². The molecule has 2 aromatic rings. The Morgan fingerprint density at radius 2 is 2.25 bits per heavy atom. The van der Waals surface area contributed by atoms with Crippen LogP contribution in [-0.2, 0) is 4.79 Å². The molecule has 106 valence electrons. The van der Waals surface area contributed by atoms with E-state index in [1.165, 1.54) is 0 Å². The molecule has 1 amide bonds. The maximum Gasteiger partial charge on any atom is 0.348 e. The van der Waals surface area contributed by atoms with Crippen LogP contribution >= 0.6 is 11.3 Å². The minimum absolute atomic E-state index is 0.0909. The summed E-state index contributed by atoms with van der Waals surface area (Å²) in [6.45, 7) is 3.15. The first-order valence-electron chi connectivity index (χ1n) is 5.64. The summed E-state index contributed by atoms with van der Waals surface area (Å²) in [6.07, 6.45) is 0. The second-order valence-electron chi connectivity index (χ2n) is 4.04. The van der Waals surface area contributed by atoms with Crippen molar-refractivity contribution < 1.29 is 24.0 Å². The molecule has 0 radical (unpaired) electrons. The van der Waals surface area contributed by atoms with E-state index in [9.17, 15) is 9.59 Å². The average Bonchev–Trinajstić information content (AvgIpc) is 2.94. The van der Waals surface area contributed by atoms with Crippen LogP contribution in [0, 0.1) is 13.8 Å². The van der Waals surface area contributed by atoms with Gasteiger partial charge in [0.05, 0.1) is 5.69 Å². The van der Waals surface area contributed by atoms with E-state index in [0.717, 1.165) is 11.3 Å². The lowest BCUT2D eigenvalue weighted by Crippen LogP contribution is -2.21. The van der Waals surface area contributed by atoms with E-state index in [1.807, 2.05) is 0 Å². The number of aromatic carboxylic acids is 1. The number of ether oxygens (including phenoxy) is 1. The van der Waals surface area contributed by atoms with Gasteiger partial charge in [0, 0.05) is 6.07 Å². The van der Waals surface area contributed by atoms with E-state index < -0.39 is 11.9 Å². The molecule has 0 unspecified atom stereocenters. The summed E-state index contributed by atoms with van der Waals surface area (Å²) in [6, 6.07) is 1.55. The Bertz CT molecular complexity index is 646. The van der Waals surface area contributed by atoms with E-state index in [0.29, 0.717) is 17.0 Å². The van der Waals surface area contributed by atoms with Crippen LogP contribution in [0.3, 0.4) is 0 Å². The van der Waals surface area contributed by atoms with Crippen molar-refractivity contribution in [1.82, 2.24) is 5.16 Å². The van der Waals surface area contributed by atoms with Crippen LogP contribution in [0.4, 0.5) is 5.69 Å². The number of carbonyl (C=O) groups is 2. The molecule has 2 N–H and O–H groups in total. The molecule has 0 atom stereocenters. The summed E-state index contributed by atoms with van der Waals surface area (Å²) < 4.78 is 9.91. The number of carboxylic acids is 1. The van der Waals surface area contributed by atoms with Crippen molar-refractivity contribution >= 4 is 28.9 Å². The first-order valence-corrected chi connectivity index (χ1v) is 6.52. The fourth-order valence-electron chi connectivity index (χ4n) is 1.48. The summed E-state index contributed by atoms with van der Waals surface area (Å²) in [5.41, 5.74) is 0.991. The molecule has 0 saturated heterocycles. The first kappa shape index (κ1) is 14.1. The van der Waals surface area contributed by atoms with Gasteiger partial charge < -0.3 is 19.7 Å². The maximum absolute atomic E-state index is 11.7. The van der Waals surface area contributed by atoms with Crippen molar-refractivity contribution in [1.29, 1.82) is 0 Å². The summed E-state index contributed by atoms with van der Waals surface area (Å²) >= 11 is 1.06. The number of thiophene rings is 1. The molecule has 0 bridgehead atoms. The Morgan fingerprint density at radius 3 is 2.85 bits per heavy atom. The van der Waals surface area contributed by atoms with Crippen LogP contribution in [0.25, 0.3) is 0 Å². The molecular formula is C12H12N2O5S. The second kappa shape index (κ2) is 5.74.